The summed E-state index contributed by atoms with van der Waals surface area (Å²) in [7, 11) is 0. The summed E-state index contributed by atoms with van der Waals surface area (Å²) in [6, 6.07) is 3.43. The minimum atomic E-state index is -1.17. The fraction of sp³-hybridized carbons (Fsp3) is 0.417. The van der Waals surface area contributed by atoms with Crippen molar-refractivity contribution >= 4 is 5.97 Å². The van der Waals surface area contributed by atoms with Gasteiger partial charge in [0.15, 0.2) is 11.6 Å². The van der Waals surface area contributed by atoms with Crippen molar-refractivity contribution in [1.29, 1.82) is 0 Å². The van der Waals surface area contributed by atoms with Crippen molar-refractivity contribution in [2.75, 3.05) is 19.8 Å². The van der Waals surface area contributed by atoms with Crippen molar-refractivity contribution in [2.45, 2.75) is 6.42 Å². The van der Waals surface area contributed by atoms with Crippen LogP contribution >= 0.6 is 0 Å². The maximum Gasteiger partial charge on any atom is 0.341 e. The molecule has 3 nitrogen and oxygen atoms in total. The number of rotatable bonds is 3. The third-order valence-electron chi connectivity index (χ3n) is 2.65. The predicted octanol–water partition coefficient (Wildman–Crippen LogP) is 2.16. The standard InChI is InChI=1S/C12H12F2O3/c13-10-3-1-2-9(11(10)14)12(15)17-7-8-4-5-16-6-8/h1-3,8H,4-7H2. The summed E-state index contributed by atoms with van der Waals surface area (Å²) >= 11 is 0. The molecule has 92 valence electrons. The smallest absolute Gasteiger partial charge is 0.341 e. The van der Waals surface area contributed by atoms with Gasteiger partial charge in [-0.3, -0.25) is 0 Å². The normalized spacial score (nSPS) is 19.3. The second-order valence-corrected chi connectivity index (χ2v) is 3.93. The average molecular weight is 242 g/mol. The molecule has 1 unspecified atom stereocenters. The molecule has 0 radical (unpaired) electrons. The lowest BCUT2D eigenvalue weighted by molar-refractivity contribution is 0.0422. The Kier molecular flexibility index (Phi) is 3.68. The first kappa shape index (κ1) is 12.0. The van der Waals surface area contributed by atoms with E-state index in [1.807, 2.05) is 0 Å². The molecule has 0 aliphatic carbocycles. The van der Waals surface area contributed by atoms with Gasteiger partial charge in [0.2, 0.25) is 0 Å². The van der Waals surface area contributed by atoms with Gasteiger partial charge in [0.05, 0.1) is 18.8 Å². The van der Waals surface area contributed by atoms with Crippen LogP contribution in [-0.2, 0) is 9.47 Å². The number of ether oxygens (including phenoxy) is 2. The molecule has 1 heterocycles. The largest absolute Gasteiger partial charge is 0.462 e. The van der Waals surface area contributed by atoms with Gasteiger partial charge in [-0.25, -0.2) is 13.6 Å². The second kappa shape index (κ2) is 5.23. The van der Waals surface area contributed by atoms with E-state index < -0.39 is 17.6 Å². The van der Waals surface area contributed by atoms with Gasteiger partial charge in [-0.15, -0.1) is 0 Å². The van der Waals surface area contributed by atoms with Gasteiger partial charge in [0.25, 0.3) is 0 Å². The molecule has 0 N–H and O–H groups in total. The molecule has 0 aromatic heterocycles. The highest BCUT2D eigenvalue weighted by Crippen LogP contribution is 2.16. The number of carbonyl (C=O) groups excluding carboxylic acids is 1. The molecule has 1 aromatic rings. The molecule has 1 aliphatic rings. The highest BCUT2D eigenvalue weighted by atomic mass is 19.2. The lowest BCUT2D eigenvalue weighted by atomic mass is 10.1. The summed E-state index contributed by atoms with van der Waals surface area (Å²) < 4.78 is 36.2. The first-order valence-corrected chi connectivity index (χ1v) is 5.37. The Hall–Kier alpha value is -1.49. The molecule has 0 saturated carbocycles. The number of halogens is 2. The molecule has 2 rings (SSSR count). The zero-order chi connectivity index (χ0) is 12.3. The quantitative estimate of drug-likeness (QED) is 0.762. The summed E-state index contributed by atoms with van der Waals surface area (Å²) in [5, 5.41) is 0. The van der Waals surface area contributed by atoms with Gasteiger partial charge >= 0.3 is 5.97 Å². The maximum atomic E-state index is 13.3. The molecule has 0 spiro atoms. The minimum absolute atomic E-state index is 0.149. The van der Waals surface area contributed by atoms with Crippen LogP contribution in [0.5, 0.6) is 0 Å². The lowest BCUT2D eigenvalue weighted by Gasteiger charge is -2.09. The first-order valence-electron chi connectivity index (χ1n) is 5.37. The van der Waals surface area contributed by atoms with Gasteiger partial charge in [0, 0.05) is 12.5 Å². The van der Waals surface area contributed by atoms with E-state index in [-0.39, 0.29) is 18.1 Å². The maximum absolute atomic E-state index is 13.3. The Balaban J connectivity index is 1.97. The second-order valence-electron chi connectivity index (χ2n) is 3.93. The molecule has 1 aliphatic heterocycles. The molecule has 1 atom stereocenters. The van der Waals surface area contributed by atoms with E-state index in [0.29, 0.717) is 13.2 Å². The zero-order valence-corrected chi connectivity index (χ0v) is 9.12. The van der Waals surface area contributed by atoms with Crippen LogP contribution in [0, 0.1) is 17.6 Å². The Morgan fingerprint density at radius 3 is 3.00 bits per heavy atom. The lowest BCUT2D eigenvalue weighted by Crippen LogP contribution is -2.15. The van der Waals surface area contributed by atoms with Gasteiger partial charge in [-0.2, -0.15) is 0 Å². The summed E-state index contributed by atoms with van der Waals surface area (Å²) in [4.78, 5) is 11.5. The number of hydrogen-bond donors (Lipinski definition) is 0. The van der Waals surface area contributed by atoms with Crippen LogP contribution in [0.25, 0.3) is 0 Å². The van der Waals surface area contributed by atoms with Gasteiger partial charge < -0.3 is 9.47 Å². The van der Waals surface area contributed by atoms with Crippen molar-refractivity contribution in [3.05, 3.63) is 35.4 Å². The number of esters is 1. The van der Waals surface area contributed by atoms with Crippen LogP contribution in [0.15, 0.2) is 18.2 Å². The van der Waals surface area contributed by atoms with Crippen molar-refractivity contribution in [1.82, 2.24) is 0 Å². The fourth-order valence-electron chi connectivity index (χ4n) is 1.65. The molecule has 0 amide bonds. The van der Waals surface area contributed by atoms with Crippen LogP contribution < -0.4 is 0 Å². The molecule has 1 saturated heterocycles. The molecular formula is C12H12F2O3. The summed E-state index contributed by atoms with van der Waals surface area (Å²) in [6.07, 6.45) is 0.818. The Morgan fingerprint density at radius 2 is 2.29 bits per heavy atom. The Bertz CT molecular complexity index is 414. The van der Waals surface area contributed by atoms with E-state index in [2.05, 4.69) is 0 Å². The highest BCUT2D eigenvalue weighted by Gasteiger charge is 2.20. The molecular weight excluding hydrogens is 230 g/mol. The Labute approximate surface area is 97.3 Å². The summed E-state index contributed by atoms with van der Waals surface area (Å²) in [5.74, 6) is -2.91. The van der Waals surface area contributed by atoms with E-state index in [1.165, 1.54) is 12.1 Å². The van der Waals surface area contributed by atoms with Crippen LogP contribution in [0.1, 0.15) is 16.8 Å². The number of hydrogen-bond acceptors (Lipinski definition) is 3. The van der Waals surface area contributed by atoms with Crippen LogP contribution in [0.3, 0.4) is 0 Å². The number of benzene rings is 1. The predicted molar refractivity (Wildman–Crippen MR) is 55.6 cm³/mol. The van der Waals surface area contributed by atoms with Crippen molar-refractivity contribution < 1.29 is 23.0 Å². The summed E-state index contributed by atoms with van der Waals surface area (Å²) in [5.41, 5.74) is -0.371. The van der Waals surface area contributed by atoms with Crippen molar-refractivity contribution in [2.24, 2.45) is 5.92 Å². The summed E-state index contributed by atoms with van der Waals surface area (Å²) in [6.45, 7) is 1.37. The SMILES string of the molecule is O=C(OCC1CCOC1)c1cccc(F)c1F. The topological polar surface area (TPSA) is 35.5 Å². The van der Waals surface area contributed by atoms with Gasteiger partial charge in [0.1, 0.15) is 0 Å². The van der Waals surface area contributed by atoms with Gasteiger partial charge in [-0.1, -0.05) is 6.07 Å². The minimum Gasteiger partial charge on any atom is -0.462 e. The third-order valence-corrected chi connectivity index (χ3v) is 2.65. The molecule has 1 fully saturated rings. The van der Waals surface area contributed by atoms with Crippen LogP contribution in [0.4, 0.5) is 8.78 Å². The third kappa shape index (κ3) is 2.79. The van der Waals surface area contributed by atoms with Crippen LogP contribution in [-0.4, -0.2) is 25.8 Å². The average Bonchev–Trinajstić information content (AvgIpc) is 2.82. The van der Waals surface area contributed by atoms with E-state index in [1.54, 1.807) is 0 Å². The molecule has 5 heteroatoms. The van der Waals surface area contributed by atoms with Crippen molar-refractivity contribution in [3.8, 4) is 0 Å². The van der Waals surface area contributed by atoms with E-state index >= 15 is 0 Å². The highest BCUT2D eigenvalue weighted by molar-refractivity contribution is 5.89. The van der Waals surface area contributed by atoms with Gasteiger partial charge in [-0.05, 0) is 18.6 Å². The van der Waals surface area contributed by atoms with E-state index in [4.69, 9.17) is 9.47 Å². The zero-order valence-electron chi connectivity index (χ0n) is 9.12. The first-order chi connectivity index (χ1) is 8.18. The Morgan fingerprint density at radius 1 is 1.47 bits per heavy atom. The molecule has 0 bridgehead atoms. The fourth-order valence-corrected chi connectivity index (χ4v) is 1.65. The molecule has 17 heavy (non-hydrogen) atoms. The molecule has 1 aromatic carbocycles. The van der Waals surface area contributed by atoms with E-state index in [9.17, 15) is 13.6 Å². The monoisotopic (exact) mass is 242 g/mol. The van der Waals surface area contributed by atoms with Crippen molar-refractivity contribution in [3.63, 3.8) is 0 Å². The number of carbonyl (C=O) groups is 1. The van der Waals surface area contributed by atoms with Crippen LogP contribution in [0.2, 0.25) is 0 Å². The van der Waals surface area contributed by atoms with E-state index in [0.717, 1.165) is 12.5 Å².